The number of unbranched alkanes of at least 4 members (excludes halogenated alkanes) is 2. The van der Waals surface area contributed by atoms with Crippen molar-refractivity contribution in [3.63, 3.8) is 0 Å². The van der Waals surface area contributed by atoms with Gasteiger partial charge in [0.1, 0.15) is 33.6 Å². The van der Waals surface area contributed by atoms with Crippen molar-refractivity contribution in [2.45, 2.75) is 66.5 Å². The standard InChI is InChI=1S/C31H32N4O5S.C27H26N4O4S/c1-5-7-16-34(20(3)36)22-13-15-27-24(18-22)29(23-10-8-9-11-28(23)38-4)30(40-31(37)39-6-2)35(27)19-21-12-14-25-26(17-21)33-41-32-25;1-3-4-13-28-18-10-12-23-20(15-18)25(19-7-5-6-8-24(19)34-2)26(35-27(32)33)31(23)16-17-9-11-21-22(14-17)30-36-29-21/h8-15,17-18H,5-7,16,19H2,1-4H3;5-12,14-15,28H,3-4,13,16H2,1-2H3,(H,32,33). The number of carbonyl (C=O) groups excluding carboxylic acids is 2. The summed E-state index contributed by atoms with van der Waals surface area (Å²) in [6.07, 6.45) is 1.80. The van der Waals surface area contributed by atoms with Gasteiger partial charge >= 0.3 is 12.3 Å². The largest absolute Gasteiger partial charge is 0.515 e. The van der Waals surface area contributed by atoms with Gasteiger partial charge in [-0.3, -0.25) is 4.79 Å². The summed E-state index contributed by atoms with van der Waals surface area (Å²) in [7, 11) is 3.21. The average molecular weight is 1080 g/mol. The lowest BCUT2D eigenvalue weighted by atomic mass is 10.0. The lowest BCUT2D eigenvalue weighted by Gasteiger charge is -2.21. The predicted octanol–water partition coefficient (Wildman–Crippen LogP) is 13.7. The monoisotopic (exact) mass is 1070 g/mol. The maximum Gasteiger partial charge on any atom is 0.515 e. The van der Waals surface area contributed by atoms with Crippen LogP contribution < -0.4 is 29.2 Å². The molecule has 0 bridgehead atoms. The zero-order chi connectivity index (χ0) is 54.0. The Hall–Kier alpha value is -8.55. The van der Waals surface area contributed by atoms with Crippen LogP contribution in [0.2, 0.25) is 0 Å². The summed E-state index contributed by atoms with van der Waals surface area (Å²) >= 11 is 2.33. The molecular formula is C58H58N8O9S2. The number of benzene rings is 6. The molecule has 10 aromatic rings. The van der Waals surface area contributed by atoms with Gasteiger partial charge in [0.25, 0.3) is 0 Å². The van der Waals surface area contributed by atoms with Gasteiger partial charge in [-0.25, -0.2) is 9.59 Å². The van der Waals surface area contributed by atoms with Crippen molar-refractivity contribution in [1.29, 1.82) is 0 Å². The second-order valence-electron chi connectivity index (χ2n) is 18.0. The smallest absolute Gasteiger partial charge is 0.496 e. The lowest BCUT2D eigenvalue weighted by molar-refractivity contribution is -0.116. The second kappa shape index (κ2) is 24.4. The van der Waals surface area contributed by atoms with Crippen molar-refractivity contribution in [3.05, 3.63) is 132 Å². The number of fused-ring (bicyclic) bond motifs is 4. The molecule has 17 nitrogen and oxygen atoms in total. The normalized spacial score (nSPS) is 11.1. The van der Waals surface area contributed by atoms with E-state index in [1.165, 1.54) is 23.5 Å². The molecule has 0 unspecified atom stereocenters. The fourth-order valence-electron chi connectivity index (χ4n) is 9.40. The van der Waals surface area contributed by atoms with Crippen LogP contribution in [0.15, 0.2) is 121 Å². The molecule has 0 saturated heterocycles. The van der Waals surface area contributed by atoms with Crippen LogP contribution in [-0.4, -0.2) is 83.9 Å². The zero-order valence-corrected chi connectivity index (χ0v) is 45.2. The quantitative estimate of drug-likeness (QED) is 0.0573. The molecule has 0 aliphatic carbocycles. The molecule has 0 spiro atoms. The number of aromatic nitrogens is 6. The molecular weight excluding hydrogens is 1020 g/mol. The van der Waals surface area contributed by atoms with Gasteiger partial charge in [-0.15, -0.1) is 0 Å². The highest BCUT2D eigenvalue weighted by Crippen LogP contribution is 2.47. The van der Waals surface area contributed by atoms with E-state index in [1.54, 1.807) is 33.0 Å². The molecule has 0 aliphatic heterocycles. The number of amides is 1. The molecule has 4 aromatic heterocycles. The Labute approximate surface area is 453 Å². The van der Waals surface area contributed by atoms with Gasteiger partial charge in [-0.2, -0.15) is 17.5 Å². The number of hydrogen-bond donors (Lipinski definition) is 2. The minimum absolute atomic E-state index is 0.0377. The van der Waals surface area contributed by atoms with E-state index in [2.05, 4.69) is 36.7 Å². The number of anilines is 2. The van der Waals surface area contributed by atoms with E-state index in [0.717, 1.165) is 110 Å². The third kappa shape index (κ3) is 11.7. The van der Waals surface area contributed by atoms with Crippen LogP contribution in [0.5, 0.6) is 23.3 Å². The number of carbonyl (C=O) groups is 3. The molecule has 0 saturated carbocycles. The Morgan fingerprint density at radius 3 is 1.69 bits per heavy atom. The summed E-state index contributed by atoms with van der Waals surface area (Å²) in [5, 5.41) is 14.8. The molecule has 396 valence electrons. The maximum atomic E-state index is 12.8. The average Bonchev–Trinajstić information content (AvgIpc) is 4.25. The molecule has 1 amide bonds. The SMILES string of the molecule is CCCCN(C(C)=O)c1ccc2c(c1)c(-c1ccccc1OC)c(OC(=O)OCC)n2Cc1ccc2nsnc2c1.CCCCNc1ccc2c(c1)c(-c1ccccc1OC)c(OC(=O)O)n2Cc1ccc2nsnc2c1. The lowest BCUT2D eigenvalue weighted by Crippen LogP contribution is -2.29. The first kappa shape index (κ1) is 53.3. The first-order valence-electron chi connectivity index (χ1n) is 25.3. The number of carboxylic acid groups (broad SMARTS) is 1. The topological polar surface area (TPSA) is 194 Å². The third-order valence-electron chi connectivity index (χ3n) is 13.0. The third-order valence-corrected chi connectivity index (χ3v) is 14.1. The zero-order valence-electron chi connectivity index (χ0n) is 43.6. The van der Waals surface area contributed by atoms with Crippen molar-refractivity contribution < 1.29 is 43.2 Å². The van der Waals surface area contributed by atoms with Crippen LogP contribution >= 0.6 is 23.5 Å². The van der Waals surface area contributed by atoms with Crippen molar-refractivity contribution >= 4 is 96.9 Å². The van der Waals surface area contributed by atoms with Crippen LogP contribution in [-0.2, 0) is 22.6 Å². The highest BCUT2D eigenvalue weighted by molar-refractivity contribution is 7.00. The number of nitrogens with one attached hydrogen (secondary N) is 1. The van der Waals surface area contributed by atoms with Crippen molar-refractivity contribution in [2.24, 2.45) is 0 Å². The van der Waals surface area contributed by atoms with E-state index in [9.17, 15) is 19.5 Å². The molecule has 10 rings (SSSR count). The van der Waals surface area contributed by atoms with Crippen LogP contribution in [0, 0.1) is 0 Å². The van der Waals surface area contributed by atoms with E-state index < -0.39 is 12.3 Å². The van der Waals surface area contributed by atoms with Crippen LogP contribution in [0.3, 0.4) is 0 Å². The number of ether oxygens (including phenoxy) is 5. The summed E-state index contributed by atoms with van der Waals surface area (Å²) in [5.41, 5.74) is 11.4. The second-order valence-corrected chi connectivity index (χ2v) is 19.1. The van der Waals surface area contributed by atoms with Gasteiger partial charge in [-0.1, -0.05) is 75.2 Å². The minimum Gasteiger partial charge on any atom is -0.496 e. The highest BCUT2D eigenvalue weighted by atomic mass is 32.1. The fraction of sp³-hybridized carbons (Fsp3) is 0.259. The van der Waals surface area contributed by atoms with Crippen molar-refractivity contribution in [1.82, 2.24) is 26.6 Å². The summed E-state index contributed by atoms with van der Waals surface area (Å²) in [5.74, 6) is 1.77. The van der Waals surface area contributed by atoms with Crippen LogP contribution in [0.25, 0.3) is 66.1 Å². The first-order valence-corrected chi connectivity index (χ1v) is 26.8. The van der Waals surface area contributed by atoms with Crippen LogP contribution in [0.1, 0.15) is 64.5 Å². The Morgan fingerprint density at radius 1 is 0.623 bits per heavy atom. The van der Waals surface area contributed by atoms with Gasteiger partial charge in [0, 0.05) is 53.3 Å². The highest BCUT2D eigenvalue weighted by Gasteiger charge is 2.28. The molecule has 6 aromatic carbocycles. The van der Waals surface area contributed by atoms with Crippen molar-refractivity contribution in [3.8, 4) is 45.5 Å². The molecule has 0 aliphatic rings. The maximum absolute atomic E-state index is 12.8. The molecule has 19 heteroatoms. The van der Waals surface area contributed by atoms with E-state index >= 15 is 0 Å². The van der Waals surface area contributed by atoms with Crippen molar-refractivity contribution in [2.75, 3.05) is 44.1 Å². The fourth-order valence-corrected chi connectivity index (χ4v) is 10.4. The summed E-state index contributed by atoms with van der Waals surface area (Å²) in [6.45, 7) is 9.97. The molecule has 0 atom stereocenters. The Kier molecular flexibility index (Phi) is 16.9. The van der Waals surface area contributed by atoms with Gasteiger partial charge < -0.3 is 48.1 Å². The number of rotatable bonds is 19. The summed E-state index contributed by atoms with van der Waals surface area (Å²) in [4.78, 5) is 39.1. The molecule has 4 heterocycles. The first-order chi connectivity index (χ1) is 37.5. The van der Waals surface area contributed by atoms with E-state index in [1.807, 2.05) is 130 Å². The molecule has 2 N–H and O–H groups in total. The Bertz CT molecular complexity index is 3730. The summed E-state index contributed by atoms with van der Waals surface area (Å²) in [6, 6.07) is 38.9. The van der Waals surface area contributed by atoms with Gasteiger partial charge in [0.15, 0.2) is 0 Å². The number of para-hydroxylation sites is 2. The van der Waals surface area contributed by atoms with Crippen LogP contribution in [0.4, 0.5) is 21.0 Å². The van der Waals surface area contributed by atoms with Gasteiger partial charge in [-0.05, 0) is 104 Å². The van der Waals surface area contributed by atoms with Gasteiger partial charge in [0.2, 0.25) is 17.7 Å². The van der Waals surface area contributed by atoms with E-state index in [0.29, 0.717) is 48.1 Å². The number of methoxy groups -OCH3 is 2. The Balaban J connectivity index is 0.000000189. The predicted molar refractivity (Wildman–Crippen MR) is 304 cm³/mol. The van der Waals surface area contributed by atoms with E-state index in [-0.39, 0.29) is 18.4 Å². The minimum atomic E-state index is -1.38. The van der Waals surface area contributed by atoms with Gasteiger partial charge in [0.05, 0.1) is 79.5 Å². The number of nitrogens with zero attached hydrogens (tertiary/aromatic N) is 7. The Morgan fingerprint density at radius 2 is 1.16 bits per heavy atom. The number of hydrogen-bond acceptors (Lipinski definition) is 15. The molecule has 77 heavy (non-hydrogen) atoms. The summed E-state index contributed by atoms with van der Waals surface area (Å²) < 4.78 is 49.2. The molecule has 0 radical (unpaired) electrons. The molecule has 0 fully saturated rings. The van der Waals surface area contributed by atoms with E-state index in [4.69, 9.17) is 23.7 Å².